The minimum absolute atomic E-state index is 0.0938. The van der Waals surface area contributed by atoms with Crippen molar-refractivity contribution in [2.75, 3.05) is 0 Å². The monoisotopic (exact) mass is 323 g/mol. The van der Waals surface area contributed by atoms with Crippen LogP contribution in [0.3, 0.4) is 0 Å². The van der Waals surface area contributed by atoms with Crippen molar-refractivity contribution in [3.8, 4) is 10.7 Å². The number of thiazole rings is 1. The highest BCUT2D eigenvalue weighted by Crippen LogP contribution is 2.26. The van der Waals surface area contributed by atoms with Crippen LogP contribution in [0.4, 0.5) is 0 Å². The molecule has 0 aliphatic carbocycles. The Labute approximate surface area is 139 Å². The zero-order chi connectivity index (χ0) is 16.2. The predicted octanol–water partition coefficient (Wildman–Crippen LogP) is 3.75. The van der Waals surface area contributed by atoms with Crippen LogP contribution >= 0.6 is 11.3 Å². The third kappa shape index (κ3) is 3.63. The molecule has 2 aromatic heterocycles. The van der Waals surface area contributed by atoms with Crippen LogP contribution in [-0.2, 0) is 6.54 Å². The van der Waals surface area contributed by atoms with E-state index in [2.05, 4.69) is 21.4 Å². The molecule has 0 spiro atoms. The van der Waals surface area contributed by atoms with Gasteiger partial charge in [-0.2, -0.15) is 0 Å². The topological polar surface area (TPSA) is 54.9 Å². The van der Waals surface area contributed by atoms with Gasteiger partial charge in [-0.3, -0.25) is 9.78 Å². The van der Waals surface area contributed by atoms with Gasteiger partial charge in [-0.25, -0.2) is 4.98 Å². The first-order valence-electron chi connectivity index (χ1n) is 7.36. The standard InChI is InChI=1S/C18H17N3OS/c1-12-6-5-7-14(10-12)11-20-17(22)16-13(2)21-18(23-16)15-8-3-4-9-19-15/h3-10H,11H2,1-2H3,(H,20,22). The maximum atomic E-state index is 12.4. The van der Waals surface area contributed by atoms with Crippen LogP contribution in [0.2, 0.25) is 0 Å². The Morgan fingerprint density at radius 3 is 2.78 bits per heavy atom. The first-order valence-corrected chi connectivity index (χ1v) is 8.18. The van der Waals surface area contributed by atoms with E-state index in [-0.39, 0.29) is 5.91 Å². The van der Waals surface area contributed by atoms with Gasteiger partial charge in [0.1, 0.15) is 9.88 Å². The predicted molar refractivity (Wildman–Crippen MR) is 92.4 cm³/mol. The van der Waals surface area contributed by atoms with Crippen molar-refractivity contribution in [1.82, 2.24) is 15.3 Å². The molecule has 0 fully saturated rings. The molecule has 1 amide bonds. The summed E-state index contributed by atoms with van der Waals surface area (Å²) < 4.78 is 0. The first-order chi connectivity index (χ1) is 11.1. The highest BCUT2D eigenvalue weighted by atomic mass is 32.1. The number of hydrogen-bond acceptors (Lipinski definition) is 4. The summed E-state index contributed by atoms with van der Waals surface area (Å²) >= 11 is 1.37. The SMILES string of the molecule is Cc1cccc(CNC(=O)c2sc(-c3ccccn3)nc2C)c1. The zero-order valence-corrected chi connectivity index (χ0v) is 13.9. The summed E-state index contributed by atoms with van der Waals surface area (Å²) in [5, 5.41) is 3.73. The van der Waals surface area contributed by atoms with Crippen molar-refractivity contribution in [3.63, 3.8) is 0 Å². The Kier molecular flexibility index (Phi) is 4.48. The minimum atomic E-state index is -0.0938. The lowest BCUT2D eigenvalue weighted by Gasteiger charge is -2.05. The fourth-order valence-corrected chi connectivity index (χ4v) is 3.25. The molecule has 5 heteroatoms. The number of carbonyl (C=O) groups is 1. The summed E-state index contributed by atoms with van der Waals surface area (Å²) in [6, 6.07) is 13.8. The number of carbonyl (C=O) groups excluding carboxylic acids is 1. The fourth-order valence-electron chi connectivity index (χ4n) is 2.29. The number of hydrogen-bond donors (Lipinski definition) is 1. The van der Waals surface area contributed by atoms with Crippen molar-refractivity contribution in [2.45, 2.75) is 20.4 Å². The summed E-state index contributed by atoms with van der Waals surface area (Å²) in [4.78, 5) is 21.8. The summed E-state index contributed by atoms with van der Waals surface area (Å²) in [5.41, 5.74) is 3.80. The molecule has 23 heavy (non-hydrogen) atoms. The molecule has 0 saturated heterocycles. The average molecular weight is 323 g/mol. The van der Waals surface area contributed by atoms with Gasteiger partial charge < -0.3 is 5.32 Å². The number of aryl methyl sites for hydroxylation is 2. The lowest BCUT2D eigenvalue weighted by molar-refractivity contribution is 0.0954. The number of aromatic nitrogens is 2. The molecule has 4 nitrogen and oxygen atoms in total. The van der Waals surface area contributed by atoms with Gasteiger partial charge in [0.15, 0.2) is 0 Å². The lowest BCUT2D eigenvalue weighted by atomic mass is 10.1. The molecule has 0 unspecified atom stereocenters. The molecule has 0 aliphatic heterocycles. The Morgan fingerprint density at radius 1 is 1.17 bits per heavy atom. The quantitative estimate of drug-likeness (QED) is 0.795. The van der Waals surface area contributed by atoms with E-state index in [1.807, 2.05) is 50.2 Å². The molecule has 0 bridgehead atoms. The fraction of sp³-hybridized carbons (Fsp3) is 0.167. The van der Waals surface area contributed by atoms with Crippen LogP contribution < -0.4 is 5.32 Å². The average Bonchev–Trinajstić information content (AvgIpc) is 2.95. The molecule has 0 aliphatic rings. The van der Waals surface area contributed by atoms with E-state index < -0.39 is 0 Å². The van der Waals surface area contributed by atoms with E-state index in [4.69, 9.17) is 0 Å². The second-order valence-electron chi connectivity index (χ2n) is 5.32. The van der Waals surface area contributed by atoms with Gasteiger partial charge >= 0.3 is 0 Å². The molecular weight excluding hydrogens is 306 g/mol. The van der Waals surface area contributed by atoms with E-state index in [0.717, 1.165) is 22.0 Å². The molecule has 1 aromatic carbocycles. The van der Waals surface area contributed by atoms with Crippen LogP contribution in [-0.4, -0.2) is 15.9 Å². The Bertz CT molecular complexity index is 827. The first kappa shape index (κ1) is 15.4. The summed E-state index contributed by atoms with van der Waals surface area (Å²) in [6.07, 6.45) is 1.73. The number of nitrogens with one attached hydrogen (secondary N) is 1. The van der Waals surface area contributed by atoms with Gasteiger partial charge in [-0.15, -0.1) is 11.3 Å². The molecule has 3 aromatic rings. The maximum absolute atomic E-state index is 12.4. The number of rotatable bonds is 4. The molecule has 2 heterocycles. The Hall–Kier alpha value is -2.53. The van der Waals surface area contributed by atoms with Gasteiger partial charge in [-0.05, 0) is 31.5 Å². The largest absolute Gasteiger partial charge is 0.347 e. The van der Waals surface area contributed by atoms with Crippen LogP contribution in [0, 0.1) is 13.8 Å². The number of nitrogens with zero attached hydrogens (tertiary/aromatic N) is 2. The van der Waals surface area contributed by atoms with E-state index in [0.29, 0.717) is 11.4 Å². The van der Waals surface area contributed by atoms with Gasteiger partial charge in [-0.1, -0.05) is 35.9 Å². The second-order valence-corrected chi connectivity index (χ2v) is 6.32. The number of benzene rings is 1. The third-order valence-corrected chi connectivity index (χ3v) is 4.60. The van der Waals surface area contributed by atoms with Crippen LogP contribution in [0.15, 0.2) is 48.7 Å². The molecule has 0 atom stereocenters. The van der Waals surface area contributed by atoms with E-state index in [9.17, 15) is 4.79 Å². The van der Waals surface area contributed by atoms with Gasteiger partial charge in [0, 0.05) is 12.7 Å². The molecule has 0 saturated carbocycles. The second kappa shape index (κ2) is 6.71. The van der Waals surface area contributed by atoms with Crippen molar-refractivity contribution >= 4 is 17.2 Å². The van der Waals surface area contributed by atoms with Gasteiger partial charge in [0.25, 0.3) is 5.91 Å². The van der Waals surface area contributed by atoms with Crippen molar-refractivity contribution in [3.05, 3.63) is 70.4 Å². The van der Waals surface area contributed by atoms with Crippen LogP contribution in [0.25, 0.3) is 10.7 Å². The molecule has 116 valence electrons. The van der Waals surface area contributed by atoms with Gasteiger partial charge in [0.05, 0.1) is 11.4 Å². The Balaban J connectivity index is 1.74. The summed E-state index contributed by atoms with van der Waals surface area (Å²) in [5.74, 6) is -0.0938. The van der Waals surface area contributed by atoms with Crippen molar-refractivity contribution in [2.24, 2.45) is 0 Å². The lowest BCUT2D eigenvalue weighted by Crippen LogP contribution is -2.22. The Morgan fingerprint density at radius 2 is 2.04 bits per heavy atom. The highest BCUT2D eigenvalue weighted by molar-refractivity contribution is 7.17. The highest BCUT2D eigenvalue weighted by Gasteiger charge is 2.16. The number of pyridine rings is 1. The normalized spacial score (nSPS) is 10.5. The number of amides is 1. The molecule has 1 N–H and O–H groups in total. The van der Waals surface area contributed by atoms with Crippen molar-refractivity contribution in [1.29, 1.82) is 0 Å². The van der Waals surface area contributed by atoms with E-state index >= 15 is 0 Å². The van der Waals surface area contributed by atoms with E-state index in [1.54, 1.807) is 6.20 Å². The minimum Gasteiger partial charge on any atom is -0.347 e. The zero-order valence-electron chi connectivity index (χ0n) is 13.0. The maximum Gasteiger partial charge on any atom is 0.263 e. The van der Waals surface area contributed by atoms with Crippen LogP contribution in [0.5, 0.6) is 0 Å². The van der Waals surface area contributed by atoms with E-state index in [1.165, 1.54) is 16.9 Å². The smallest absolute Gasteiger partial charge is 0.263 e. The van der Waals surface area contributed by atoms with Crippen LogP contribution in [0.1, 0.15) is 26.5 Å². The summed E-state index contributed by atoms with van der Waals surface area (Å²) in [7, 11) is 0. The van der Waals surface area contributed by atoms with Crippen molar-refractivity contribution < 1.29 is 4.79 Å². The molecule has 0 radical (unpaired) electrons. The third-order valence-electron chi connectivity index (χ3n) is 3.42. The molecular formula is C18H17N3OS. The van der Waals surface area contributed by atoms with Gasteiger partial charge in [0.2, 0.25) is 0 Å². The summed E-state index contributed by atoms with van der Waals surface area (Å²) in [6.45, 7) is 4.40. The molecule has 3 rings (SSSR count).